The van der Waals surface area contributed by atoms with Crippen LogP contribution in [0.15, 0.2) is 30.5 Å². The Morgan fingerprint density at radius 1 is 1.16 bits per heavy atom. The summed E-state index contributed by atoms with van der Waals surface area (Å²) >= 11 is 0. The highest BCUT2D eigenvalue weighted by Crippen LogP contribution is 2.44. The Labute approximate surface area is 248 Å². The SMILES string of the molecule is CCc1c(F)ccc2cc(O)cc(-c3ncc4c(N5CC6(CCO6)C5)nc(OC[C@@]56CCCN5C[C@H](C)C6)nc4c3F)c12. The number of phenolic OH excluding ortho intramolecular Hbond substituents is 1. The number of halogens is 2. The maximum Gasteiger partial charge on any atom is 0.319 e. The Morgan fingerprint density at radius 2 is 2.00 bits per heavy atom. The lowest BCUT2D eigenvalue weighted by atomic mass is 9.86. The van der Waals surface area contributed by atoms with Gasteiger partial charge in [-0.1, -0.05) is 19.9 Å². The van der Waals surface area contributed by atoms with E-state index in [-0.39, 0.29) is 39.9 Å². The number of aromatic nitrogens is 3. The second-order valence-corrected chi connectivity index (χ2v) is 13.0. The van der Waals surface area contributed by atoms with Gasteiger partial charge in [0.05, 0.1) is 30.6 Å². The van der Waals surface area contributed by atoms with Gasteiger partial charge in [0, 0.05) is 24.7 Å². The molecule has 1 N–H and O–H groups in total. The summed E-state index contributed by atoms with van der Waals surface area (Å²) in [5, 5.41) is 12.2. The van der Waals surface area contributed by atoms with Gasteiger partial charge >= 0.3 is 6.01 Å². The zero-order chi connectivity index (χ0) is 29.5. The highest BCUT2D eigenvalue weighted by molar-refractivity contribution is 6.01. The molecule has 6 heterocycles. The van der Waals surface area contributed by atoms with Crippen molar-refractivity contribution in [3.05, 3.63) is 47.7 Å². The molecule has 2 aromatic heterocycles. The third kappa shape index (κ3) is 4.17. The third-order valence-electron chi connectivity index (χ3n) is 10.1. The first-order chi connectivity index (χ1) is 20.8. The molecule has 4 fully saturated rings. The average molecular weight is 588 g/mol. The number of hydrogen-bond donors (Lipinski definition) is 1. The lowest BCUT2D eigenvalue weighted by Crippen LogP contribution is -2.68. The van der Waals surface area contributed by atoms with E-state index in [4.69, 9.17) is 14.5 Å². The molecule has 0 bridgehead atoms. The van der Waals surface area contributed by atoms with E-state index in [9.17, 15) is 9.50 Å². The molecular formula is C33H35F2N5O3. The summed E-state index contributed by atoms with van der Waals surface area (Å²) in [5.74, 6) is 0.0743. The Bertz CT molecular complexity index is 1770. The monoisotopic (exact) mass is 587 g/mol. The molecule has 4 aliphatic heterocycles. The Hall–Kier alpha value is -3.63. The molecule has 1 spiro atoms. The Kier molecular flexibility index (Phi) is 6.07. The van der Waals surface area contributed by atoms with Gasteiger partial charge in [0.25, 0.3) is 0 Å². The van der Waals surface area contributed by atoms with Gasteiger partial charge in [-0.25, -0.2) is 8.78 Å². The molecular weight excluding hydrogens is 552 g/mol. The number of aryl methyl sites for hydroxylation is 1. The summed E-state index contributed by atoms with van der Waals surface area (Å²) in [5.41, 5.74) is 0.651. The fraction of sp³-hybridized carbons (Fsp3) is 0.485. The third-order valence-corrected chi connectivity index (χ3v) is 10.1. The fourth-order valence-corrected chi connectivity index (χ4v) is 8.01. The first-order valence-electron chi connectivity index (χ1n) is 15.4. The second-order valence-electron chi connectivity index (χ2n) is 13.0. The molecule has 8 rings (SSSR count). The minimum absolute atomic E-state index is 0.00288. The second kappa shape index (κ2) is 9.69. The predicted octanol–water partition coefficient (Wildman–Crippen LogP) is 5.62. The van der Waals surface area contributed by atoms with Gasteiger partial charge < -0.3 is 19.5 Å². The van der Waals surface area contributed by atoms with Crippen molar-refractivity contribution in [3.63, 3.8) is 0 Å². The van der Waals surface area contributed by atoms with Gasteiger partial charge in [0.2, 0.25) is 0 Å². The normalized spacial score (nSPS) is 24.5. The minimum Gasteiger partial charge on any atom is -0.508 e. The van der Waals surface area contributed by atoms with Gasteiger partial charge in [0.15, 0.2) is 5.82 Å². The van der Waals surface area contributed by atoms with E-state index in [0.29, 0.717) is 65.1 Å². The number of nitrogens with zero attached hydrogens (tertiary/aromatic N) is 5. The Morgan fingerprint density at radius 3 is 2.77 bits per heavy atom. The van der Waals surface area contributed by atoms with Crippen LogP contribution in [0.1, 0.15) is 45.1 Å². The minimum atomic E-state index is -0.658. The van der Waals surface area contributed by atoms with Crippen LogP contribution in [0.25, 0.3) is 32.9 Å². The van der Waals surface area contributed by atoms with Crippen molar-refractivity contribution >= 4 is 27.5 Å². The van der Waals surface area contributed by atoms with Crippen LogP contribution in [-0.2, 0) is 11.2 Å². The van der Waals surface area contributed by atoms with Gasteiger partial charge in [-0.3, -0.25) is 9.88 Å². The molecule has 0 unspecified atom stereocenters. The average Bonchev–Trinajstić information content (AvgIpc) is 3.46. The van der Waals surface area contributed by atoms with Crippen molar-refractivity contribution in [2.24, 2.45) is 5.92 Å². The summed E-state index contributed by atoms with van der Waals surface area (Å²) in [7, 11) is 0. The number of phenols is 1. The molecule has 4 aliphatic rings. The summed E-state index contributed by atoms with van der Waals surface area (Å²) < 4.78 is 43.8. The van der Waals surface area contributed by atoms with Gasteiger partial charge in [-0.05, 0) is 72.7 Å². The molecule has 0 radical (unpaired) electrons. The van der Waals surface area contributed by atoms with Crippen LogP contribution >= 0.6 is 0 Å². The summed E-state index contributed by atoms with van der Waals surface area (Å²) in [6.07, 6.45) is 6.23. The number of aromatic hydroxyl groups is 1. The van der Waals surface area contributed by atoms with Crippen LogP contribution in [-0.4, -0.2) is 75.5 Å². The van der Waals surface area contributed by atoms with Crippen LogP contribution in [0, 0.1) is 17.6 Å². The van der Waals surface area contributed by atoms with Crippen LogP contribution in [0.2, 0.25) is 0 Å². The molecule has 8 nitrogen and oxygen atoms in total. The first-order valence-corrected chi connectivity index (χ1v) is 15.4. The van der Waals surface area contributed by atoms with E-state index in [0.717, 1.165) is 45.4 Å². The van der Waals surface area contributed by atoms with Crippen molar-refractivity contribution in [1.82, 2.24) is 19.9 Å². The van der Waals surface area contributed by atoms with Gasteiger partial charge in [0.1, 0.15) is 40.8 Å². The van der Waals surface area contributed by atoms with E-state index in [1.54, 1.807) is 18.3 Å². The lowest BCUT2D eigenvalue weighted by Gasteiger charge is -2.55. The standard InChI is InChI=1S/C33H35F2N5O3/c1-3-22-25(34)6-5-20-11-21(41)12-23(26(20)22)28-27(35)29-24(14-36-28)30(39-16-33(17-39)8-10-43-33)38-31(37-29)42-18-32-7-4-9-40(32)15-19(2)13-32/h5-6,11-12,14,19,41H,3-4,7-10,13,15-18H2,1-2H3/t19-,32+/m1/s1. The molecule has 10 heteroatoms. The Balaban J connectivity index is 1.25. The summed E-state index contributed by atoms with van der Waals surface area (Å²) in [4.78, 5) is 18.6. The van der Waals surface area contributed by atoms with Gasteiger partial charge in [-0.2, -0.15) is 9.97 Å². The number of pyridine rings is 1. The van der Waals surface area contributed by atoms with Crippen LogP contribution in [0.3, 0.4) is 0 Å². The maximum atomic E-state index is 16.7. The zero-order valence-electron chi connectivity index (χ0n) is 24.5. The molecule has 4 aromatic rings. The van der Waals surface area contributed by atoms with Crippen molar-refractivity contribution in [3.8, 4) is 23.0 Å². The van der Waals surface area contributed by atoms with Crippen molar-refractivity contribution < 1.29 is 23.4 Å². The zero-order valence-corrected chi connectivity index (χ0v) is 24.5. The van der Waals surface area contributed by atoms with Crippen molar-refractivity contribution in [2.45, 2.75) is 57.1 Å². The number of hydrogen-bond acceptors (Lipinski definition) is 8. The molecule has 4 saturated heterocycles. The van der Waals surface area contributed by atoms with E-state index < -0.39 is 5.82 Å². The molecule has 0 amide bonds. The van der Waals surface area contributed by atoms with E-state index >= 15 is 4.39 Å². The number of ether oxygens (including phenoxy) is 2. The van der Waals surface area contributed by atoms with E-state index in [1.165, 1.54) is 12.1 Å². The maximum absolute atomic E-state index is 16.7. The highest BCUT2D eigenvalue weighted by atomic mass is 19.1. The van der Waals surface area contributed by atoms with E-state index in [1.807, 2.05) is 6.92 Å². The van der Waals surface area contributed by atoms with E-state index in [2.05, 4.69) is 26.7 Å². The van der Waals surface area contributed by atoms with Crippen molar-refractivity contribution in [2.75, 3.05) is 44.3 Å². The smallest absolute Gasteiger partial charge is 0.319 e. The first kappa shape index (κ1) is 27.0. The molecule has 43 heavy (non-hydrogen) atoms. The molecule has 2 atom stereocenters. The van der Waals surface area contributed by atoms with Crippen molar-refractivity contribution in [1.29, 1.82) is 0 Å². The topological polar surface area (TPSA) is 83.8 Å². The lowest BCUT2D eigenvalue weighted by molar-refractivity contribution is -0.161. The highest BCUT2D eigenvalue weighted by Gasteiger charge is 2.50. The molecule has 0 aliphatic carbocycles. The number of fused-ring (bicyclic) bond motifs is 3. The van der Waals surface area contributed by atoms with Gasteiger partial charge in [-0.15, -0.1) is 0 Å². The van der Waals surface area contributed by atoms with Crippen LogP contribution in [0.4, 0.5) is 14.6 Å². The number of rotatable bonds is 6. The molecule has 224 valence electrons. The largest absolute Gasteiger partial charge is 0.508 e. The summed E-state index contributed by atoms with van der Waals surface area (Å²) in [6.45, 7) is 8.77. The summed E-state index contributed by atoms with van der Waals surface area (Å²) in [6, 6.07) is 6.10. The predicted molar refractivity (Wildman–Crippen MR) is 160 cm³/mol. The molecule has 2 aromatic carbocycles. The van der Waals surface area contributed by atoms with Crippen LogP contribution in [0.5, 0.6) is 11.8 Å². The molecule has 0 saturated carbocycles. The quantitative estimate of drug-likeness (QED) is 0.311. The number of benzene rings is 2. The van der Waals surface area contributed by atoms with Crippen LogP contribution < -0.4 is 9.64 Å². The fourth-order valence-electron chi connectivity index (χ4n) is 8.01. The number of anilines is 1.